The minimum atomic E-state index is -2.01. The number of rotatable bonds is 4. The number of carbonyl (C=O) groups excluding carboxylic acids is 2. The number of ether oxygens (including phenoxy) is 2. The zero-order valence-corrected chi connectivity index (χ0v) is 11.8. The fraction of sp³-hybridized carbons (Fsp3) is 0.375. The summed E-state index contributed by atoms with van der Waals surface area (Å²) in [5.41, 5.74) is -1.20. The van der Waals surface area contributed by atoms with Crippen LogP contribution in [0.1, 0.15) is 12.0 Å². The Morgan fingerprint density at radius 2 is 2.14 bits per heavy atom. The Bertz CT molecular complexity index is 537. The minimum absolute atomic E-state index is 0.00353. The van der Waals surface area contributed by atoms with E-state index in [-0.39, 0.29) is 18.8 Å². The fourth-order valence-corrected chi connectivity index (χ4v) is 2.29. The Labute approximate surface area is 123 Å². The van der Waals surface area contributed by atoms with Crippen molar-refractivity contribution in [3.63, 3.8) is 0 Å². The molecule has 0 radical (unpaired) electrons. The largest absolute Gasteiger partial charge is 0.467 e. The lowest BCUT2D eigenvalue weighted by atomic mass is 9.82. The molecule has 0 unspecified atom stereocenters. The molecule has 1 aromatic carbocycles. The molecule has 1 N–H and O–H groups in total. The van der Waals surface area contributed by atoms with E-state index in [1.807, 2.05) is 30.3 Å². The monoisotopic (exact) mass is 290 g/mol. The minimum Gasteiger partial charge on any atom is -0.467 e. The van der Waals surface area contributed by atoms with Crippen LogP contribution >= 0.6 is 0 Å². The number of benzene rings is 1. The van der Waals surface area contributed by atoms with Crippen LogP contribution in [0.15, 0.2) is 36.4 Å². The highest BCUT2D eigenvalue weighted by molar-refractivity contribution is 5.93. The van der Waals surface area contributed by atoms with Gasteiger partial charge in [0.2, 0.25) is 0 Å². The molecule has 5 nitrogen and oxygen atoms in total. The van der Waals surface area contributed by atoms with E-state index in [9.17, 15) is 14.7 Å². The summed E-state index contributed by atoms with van der Waals surface area (Å²) in [7, 11) is 1.18. The van der Waals surface area contributed by atoms with Gasteiger partial charge >= 0.3 is 5.97 Å². The highest BCUT2D eigenvalue weighted by atomic mass is 16.5. The first-order valence-corrected chi connectivity index (χ1v) is 6.73. The van der Waals surface area contributed by atoms with Crippen molar-refractivity contribution < 1.29 is 24.2 Å². The summed E-state index contributed by atoms with van der Waals surface area (Å²) < 4.78 is 9.88. The molecule has 1 aliphatic rings. The molecule has 21 heavy (non-hydrogen) atoms. The van der Waals surface area contributed by atoms with E-state index in [4.69, 9.17) is 4.74 Å². The number of carbonyl (C=O) groups is 2. The van der Waals surface area contributed by atoms with Gasteiger partial charge < -0.3 is 14.6 Å². The summed E-state index contributed by atoms with van der Waals surface area (Å²) in [6.45, 7) is 0.318. The van der Waals surface area contributed by atoms with Gasteiger partial charge in [0.15, 0.2) is 5.60 Å². The maximum Gasteiger partial charge on any atom is 0.342 e. The van der Waals surface area contributed by atoms with E-state index >= 15 is 0 Å². The van der Waals surface area contributed by atoms with Crippen LogP contribution in [-0.4, -0.2) is 42.8 Å². The summed E-state index contributed by atoms with van der Waals surface area (Å²) in [5.74, 6) is -2.01. The first-order valence-electron chi connectivity index (χ1n) is 6.73. The number of ketones is 1. The molecule has 0 amide bonds. The Balaban J connectivity index is 2.30. The molecule has 0 spiro atoms. The molecular weight excluding hydrogens is 272 g/mol. The summed E-state index contributed by atoms with van der Waals surface area (Å²) in [4.78, 5) is 24.0. The zero-order valence-electron chi connectivity index (χ0n) is 11.8. The van der Waals surface area contributed by atoms with Crippen LogP contribution in [-0.2, 0) is 19.1 Å². The lowest BCUT2D eigenvalue weighted by Gasteiger charge is -2.32. The predicted molar refractivity (Wildman–Crippen MR) is 76.4 cm³/mol. The van der Waals surface area contributed by atoms with Crippen molar-refractivity contribution in [2.45, 2.75) is 12.0 Å². The Hall–Kier alpha value is -1.98. The van der Waals surface area contributed by atoms with Crippen LogP contribution in [0.25, 0.3) is 6.08 Å². The predicted octanol–water partition coefficient (Wildman–Crippen LogP) is 1.21. The Morgan fingerprint density at radius 3 is 2.76 bits per heavy atom. The SMILES string of the molecule is COC(=O)[C@@](O)(/C=C/c1ccccc1)[C@@H]1COCCC1=O. The molecule has 2 rings (SSSR count). The number of Topliss-reactive ketones (excluding diaryl/α,β-unsaturated/α-hetero) is 1. The van der Waals surface area contributed by atoms with Crippen LogP contribution in [0.2, 0.25) is 0 Å². The first kappa shape index (κ1) is 15.4. The van der Waals surface area contributed by atoms with Gasteiger partial charge in [-0.15, -0.1) is 0 Å². The third-order valence-electron chi connectivity index (χ3n) is 3.54. The number of hydrogen-bond donors (Lipinski definition) is 1. The van der Waals surface area contributed by atoms with Gasteiger partial charge in [-0.1, -0.05) is 36.4 Å². The average Bonchev–Trinajstić information content (AvgIpc) is 2.53. The number of methoxy groups -OCH3 is 1. The van der Waals surface area contributed by atoms with Gasteiger partial charge in [0.25, 0.3) is 0 Å². The normalized spacial score (nSPS) is 22.0. The fourth-order valence-electron chi connectivity index (χ4n) is 2.29. The molecule has 1 saturated heterocycles. The van der Waals surface area contributed by atoms with E-state index in [1.54, 1.807) is 6.08 Å². The molecule has 1 heterocycles. The standard InChI is InChI=1S/C16H18O5/c1-20-15(18)16(19,13-11-21-10-8-14(13)17)9-7-12-5-3-2-4-6-12/h2-7,9,13,19H,8,10-11H2,1H3/b9-7+/t13-,16-/m1/s1. The van der Waals surface area contributed by atoms with Crippen LogP contribution < -0.4 is 0 Å². The summed E-state index contributed by atoms with van der Waals surface area (Å²) in [5, 5.41) is 10.7. The van der Waals surface area contributed by atoms with Gasteiger partial charge in [0.05, 0.1) is 26.2 Å². The lowest BCUT2D eigenvalue weighted by Crippen LogP contribution is -2.52. The molecule has 5 heteroatoms. The van der Waals surface area contributed by atoms with Crippen molar-refractivity contribution in [3.05, 3.63) is 42.0 Å². The second kappa shape index (κ2) is 6.65. The molecule has 0 aromatic heterocycles. The van der Waals surface area contributed by atoms with E-state index in [0.29, 0.717) is 6.61 Å². The summed E-state index contributed by atoms with van der Waals surface area (Å²) >= 11 is 0. The van der Waals surface area contributed by atoms with Crippen molar-refractivity contribution in [2.24, 2.45) is 5.92 Å². The van der Waals surface area contributed by atoms with Crippen LogP contribution in [0.5, 0.6) is 0 Å². The highest BCUT2D eigenvalue weighted by Gasteiger charge is 2.47. The van der Waals surface area contributed by atoms with Crippen LogP contribution in [0, 0.1) is 5.92 Å². The maximum absolute atomic E-state index is 12.0. The lowest BCUT2D eigenvalue weighted by molar-refractivity contribution is -0.170. The molecule has 1 fully saturated rings. The zero-order chi connectivity index (χ0) is 15.3. The summed E-state index contributed by atoms with van der Waals surface area (Å²) in [6.07, 6.45) is 3.09. The average molecular weight is 290 g/mol. The third-order valence-corrected chi connectivity index (χ3v) is 3.54. The van der Waals surface area contributed by atoms with Gasteiger partial charge in [-0.2, -0.15) is 0 Å². The molecule has 2 atom stereocenters. The third kappa shape index (κ3) is 3.37. The van der Waals surface area contributed by atoms with Gasteiger partial charge in [0.1, 0.15) is 5.78 Å². The number of esters is 1. The highest BCUT2D eigenvalue weighted by Crippen LogP contribution is 2.27. The van der Waals surface area contributed by atoms with Crippen LogP contribution in [0.4, 0.5) is 0 Å². The second-order valence-corrected chi connectivity index (χ2v) is 4.90. The molecular formula is C16H18O5. The number of hydrogen-bond acceptors (Lipinski definition) is 5. The quantitative estimate of drug-likeness (QED) is 0.844. The Morgan fingerprint density at radius 1 is 1.43 bits per heavy atom. The molecule has 1 aromatic rings. The second-order valence-electron chi connectivity index (χ2n) is 4.90. The van der Waals surface area contributed by atoms with E-state index in [0.717, 1.165) is 5.56 Å². The van der Waals surface area contributed by atoms with Gasteiger partial charge in [-0.25, -0.2) is 4.79 Å². The van der Waals surface area contributed by atoms with Crippen molar-refractivity contribution in [2.75, 3.05) is 20.3 Å². The van der Waals surface area contributed by atoms with Gasteiger partial charge in [0, 0.05) is 6.42 Å². The van der Waals surface area contributed by atoms with E-state index in [2.05, 4.69) is 4.74 Å². The molecule has 1 aliphatic heterocycles. The van der Waals surface area contributed by atoms with E-state index < -0.39 is 17.5 Å². The summed E-state index contributed by atoms with van der Waals surface area (Å²) in [6, 6.07) is 9.20. The van der Waals surface area contributed by atoms with Gasteiger partial charge in [-0.05, 0) is 11.6 Å². The van der Waals surface area contributed by atoms with E-state index in [1.165, 1.54) is 13.2 Å². The smallest absolute Gasteiger partial charge is 0.342 e. The van der Waals surface area contributed by atoms with Crippen molar-refractivity contribution in [1.82, 2.24) is 0 Å². The topological polar surface area (TPSA) is 72.8 Å². The molecule has 112 valence electrons. The molecule has 0 bridgehead atoms. The van der Waals surface area contributed by atoms with Gasteiger partial charge in [-0.3, -0.25) is 4.79 Å². The molecule has 0 aliphatic carbocycles. The number of aliphatic hydroxyl groups is 1. The van der Waals surface area contributed by atoms with Crippen molar-refractivity contribution >= 4 is 17.8 Å². The Kier molecular flexibility index (Phi) is 4.88. The van der Waals surface area contributed by atoms with Crippen LogP contribution in [0.3, 0.4) is 0 Å². The molecule has 0 saturated carbocycles. The maximum atomic E-state index is 12.0. The first-order chi connectivity index (χ1) is 10.1. The van der Waals surface area contributed by atoms with Crippen molar-refractivity contribution in [1.29, 1.82) is 0 Å². The van der Waals surface area contributed by atoms with Crippen molar-refractivity contribution in [3.8, 4) is 0 Å².